The van der Waals surface area contributed by atoms with Gasteiger partial charge in [-0.15, -0.1) is 0 Å². The number of fused-ring (bicyclic) bond motifs is 2. The van der Waals surface area contributed by atoms with Gasteiger partial charge < -0.3 is 4.74 Å². The van der Waals surface area contributed by atoms with Crippen molar-refractivity contribution in [1.29, 1.82) is 0 Å². The lowest BCUT2D eigenvalue weighted by Crippen LogP contribution is -2.26. The zero-order valence-corrected chi connectivity index (χ0v) is 10.8. The maximum Gasteiger partial charge on any atom is 0.305 e. The number of hydrogen-bond donors (Lipinski definition) is 0. The van der Waals surface area contributed by atoms with Gasteiger partial charge in [0.15, 0.2) is 0 Å². The molecule has 0 amide bonds. The molecule has 2 aliphatic rings. The van der Waals surface area contributed by atoms with Crippen molar-refractivity contribution >= 4 is 5.97 Å². The fraction of sp³-hybridized carbons (Fsp3) is 0.562. The van der Waals surface area contributed by atoms with Gasteiger partial charge in [-0.2, -0.15) is 0 Å². The second kappa shape index (κ2) is 4.75. The Morgan fingerprint density at radius 1 is 1.17 bits per heavy atom. The predicted molar refractivity (Wildman–Crippen MR) is 70.2 cm³/mol. The molecule has 0 aromatic heterocycles. The van der Waals surface area contributed by atoms with Gasteiger partial charge in [-0.25, -0.2) is 0 Å². The third-order valence-electron chi connectivity index (χ3n) is 4.59. The SMILES string of the molecule is CCC(=O)O[C@H]1C[C@H]2C[C@@H]1C[C@@H]2c1ccccc1. The Morgan fingerprint density at radius 3 is 2.56 bits per heavy atom. The molecule has 2 heteroatoms. The van der Waals surface area contributed by atoms with Crippen LogP contribution in [0.15, 0.2) is 30.3 Å². The fourth-order valence-corrected chi connectivity index (χ4v) is 3.73. The van der Waals surface area contributed by atoms with Gasteiger partial charge in [0.05, 0.1) is 0 Å². The molecule has 2 aliphatic carbocycles. The Labute approximate surface area is 108 Å². The highest BCUT2D eigenvalue weighted by Crippen LogP contribution is 2.53. The molecule has 0 radical (unpaired) electrons. The topological polar surface area (TPSA) is 26.3 Å². The molecule has 18 heavy (non-hydrogen) atoms. The Kier molecular flexibility index (Phi) is 3.11. The Bertz CT molecular complexity index is 426. The lowest BCUT2D eigenvalue weighted by atomic mass is 9.82. The average Bonchev–Trinajstić information content (AvgIpc) is 2.99. The van der Waals surface area contributed by atoms with E-state index in [9.17, 15) is 4.79 Å². The first kappa shape index (κ1) is 11.8. The summed E-state index contributed by atoms with van der Waals surface area (Å²) in [6, 6.07) is 10.8. The molecule has 2 saturated carbocycles. The summed E-state index contributed by atoms with van der Waals surface area (Å²) in [5, 5.41) is 0. The first-order chi connectivity index (χ1) is 8.78. The highest BCUT2D eigenvalue weighted by molar-refractivity contribution is 5.69. The minimum Gasteiger partial charge on any atom is -0.462 e. The minimum atomic E-state index is -0.0381. The summed E-state index contributed by atoms with van der Waals surface area (Å²) < 4.78 is 5.54. The van der Waals surface area contributed by atoms with Crippen molar-refractivity contribution in [2.75, 3.05) is 0 Å². The van der Waals surface area contributed by atoms with E-state index in [1.807, 2.05) is 6.92 Å². The molecule has 0 aliphatic heterocycles. The van der Waals surface area contributed by atoms with Crippen LogP contribution in [0.4, 0.5) is 0 Å². The van der Waals surface area contributed by atoms with Crippen LogP contribution in [0.2, 0.25) is 0 Å². The second-order valence-corrected chi connectivity index (χ2v) is 5.63. The quantitative estimate of drug-likeness (QED) is 0.760. The van der Waals surface area contributed by atoms with Crippen LogP contribution in [0.1, 0.15) is 44.1 Å². The largest absolute Gasteiger partial charge is 0.462 e. The smallest absolute Gasteiger partial charge is 0.305 e. The van der Waals surface area contributed by atoms with Gasteiger partial charge in [0, 0.05) is 6.42 Å². The summed E-state index contributed by atoms with van der Waals surface area (Å²) in [6.45, 7) is 1.86. The van der Waals surface area contributed by atoms with Crippen molar-refractivity contribution in [2.45, 2.75) is 44.6 Å². The van der Waals surface area contributed by atoms with Gasteiger partial charge in [0.2, 0.25) is 0 Å². The highest BCUT2D eigenvalue weighted by atomic mass is 16.5. The summed E-state index contributed by atoms with van der Waals surface area (Å²) in [5.41, 5.74) is 1.46. The van der Waals surface area contributed by atoms with Gasteiger partial charge in [-0.1, -0.05) is 37.3 Å². The van der Waals surface area contributed by atoms with Crippen LogP contribution in [0, 0.1) is 11.8 Å². The zero-order chi connectivity index (χ0) is 12.5. The van der Waals surface area contributed by atoms with E-state index in [2.05, 4.69) is 30.3 Å². The molecule has 0 saturated heterocycles. The van der Waals surface area contributed by atoms with E-state index in [0.29, 0.717) is 24.2 Å². The van der Waals surface area contributed by atoms with Crippen molar-refractivity contribution in [3.05, 3.63) is 35.9 Å². The molecule has 0 unspecified atom stereocenters. The molecular weight excluding hydrogens is 224 g/mol. The number of esters is 1. The number of hydrogen-bond acceptors (Lipinski definition) is 2. The molecule has 96 valence electrons. The van der Waals surface area contributed by atoms with E-state index in [4.69, 9.17) is 4.74 Å². The lowest BCUT2D eigenvalue weighted by Gasteiger charge is -2.28. The van der Waals surface area contributed by atoms with Crippen LogP contribution in [0.25, 0.3) is 0 Å². The van der Waals surface area contributed by atoms with E-state index >= 15 is 0 Å². The van der Waals surface area contributed by atoms with Gasteiger partial charge >= 0.3 is 5.97 Å². The molecular formula is C16H20O2. The standard InChI is InChI=1S/C16H20O2/c1-2-16(17)18-15-10-12-8-13(15)9-14(12)11-6-4-3-5-7-11/h3-7,12-15H,2,8-10H2,1H3/t12-,13-,14-,15+/m1/s1. The Balaban J connectivity index is 1.66. The van der Waals surface area contributed by atoms with Gasteiger partial charge in [-0.05, 0) is 42.6 Å². The second-order valence-electron chi connectivity index (χ2n) is 5.63. The molecule has 0 heterocycles. The van der Waals surface area contributed by atoms with E-state index in [0.717, 1.165) is 6.42 Å². The molecule has 2 fully saturated rings. The van der Waals surface area contributed by atoms with E-state index in [-0.39, 0.29) is 12.1 Å². The van der Waals surface area contributed by atoms with Crippen LogP contribution in [0.5, 0.6) is 0 Å². The first-order valence-electron chi connectivity index (χ1n) is 7.02. The van der Waals surface area contributed by atoms with Crippen molar-refractivity contribution in [2.24, 2.45) is 11.8 Å². The Hall–Kier alpha value is -1.31. The molecule has 0 spiro atoms. The molecule has 3 rings (SSSR count). The molecule has 2 bridgehead atoms. The van der Waals surface area contributed by atoms with Crippen LogP contribution < -0.4 is 0 Å². The van der Waals surface area contributed by atoms with Crippen LogP contribution in [0.3, 0.4) is 0 Å². The van der Waals surface area contributed by atoms with Gasteiger partial charge in [0.25, 0.3) is 0 Å². The van der Waals surface area contributed by atoms with E-state index in [1.165, 1.54) is 18.4 Å². The van der Waals surface area contributed by atoms with Gasteiger partial charge in [0.1, 0.15) is 6.10 Å². The molecule has 2 nitrogen and oxygen atoms in total. The maximum atomic E-state index is 11.4. The summed E-state index contributed by atoms with van der Waals surface area (Å²) >= 11 is 0. The van der Waals surface area contributed by atoms with E-state index < -0.39 is 0 Å². The summed E-state index contributed by atoms with van der Waals surface area (Å²) in [5.74, 6) is 1.96. The van der Waals surface area contributed by atoms with Crippen LogP contribution >= 0.6 is 0 Å². The molecule has 1 aromatic rings. The molecule has 0 N–H and O–H groups in total. The number of rotatable bonds is 3. The third-order valence-corrected chi connectivity index (χ3v) is 4.59. The summed E-state index contributed by atoms with van der Waals surface area (Å²) in [6.07, 6.45) is 4.19. The Morgan fingerprint density at radius 2 is 1.94 bits per heavy atom. The number of ether oxygens (including phenoxy) is 1. The number of carbonyl (C=O) groups excluding carboxylic acids is 1. The van der Waals surface area contributed by atoms with Crippen molar-refractivity contribution in [1.82, 2.24) is 0 Å². The monoisotopic (exact) mass is 244 g/mol. The molecule has 4 atom stereocenters. The van der Waals surface area contributed by atoms with Crippen molar-refractivity contribution < 1.29 is 9.53 Å². The minimum absolute atomic E-state index is 0.0381. The normalized spacial score (nSPS) is 33.6. The van der Waals surface area contributed by atoms with E-state index in [1.54, 1.807) is 0 Å². The number of carbonyl (C=O) groups is 1. The van der Waals surface area contributed by atoms with Crippen molar-refractivity contribution in [3.63, 3.8) is 0 Å². The third kappa shape index (κ3) is 2.05. The van der Waals surface area contributed by atoms with Crippen molar-refractivity contribution in [3.8, 4) is 0 Å². The average molecular weight is 244 g/mol. The highest BCUT2D eigenvalue weighted by Gasteiger charge is 2.47. The fourth-order valence-electron chi connectivity index (χ4n) is 3.73. The first-order valence-corrected chi connectivity index (χ1v) is 7.02. The number of benzene rings is 1. The van der Waals surface area contributed by atoms with Gasteiger partial charge in [-0.3, -0.25) is 4.79 Å². The van der Waals surface area contributed by atoms with Crippen LogP contribution in [-0.4, -0.2) is 12.1 Å². The zero-order valence-electron chi connectivity index (χ0n) is 10.8. The summed E-state index contributed by atoms with van der Waals surface area (Å²) in [4.78, 5) is 11.4. The maximum absolute atomic E-state index is 11.4. The summed E-state index contributed by atoms with van der Waals surface area (Å²) in [7, 11) is 0. The molecule has 1 aromatic carbocycles. The predicted octanol–water partition coefficient (Wildman–Crippen LogP) is 3.52. The van der Waals surface area contributed by atoms with Crippen LogP contribution in [-0.2, 0) is 9.53 Å². The lowest BCUT2D eigenvalue weighted by molar-refractivity contribution is -0.151.